The number of nitrogens with zero attached hydrogens (tertiary/aromatic N) is 1. The molecule has 0 radical (unpaired) electrons. The minimum absolute atomic E-state index is 0.0298. The number of nitrogens with two attached hydrogens (primary N) is 1. The smallest absolute Gasteiger partial charge is 0.326 e. The van der Waals surface area contributed by atoms with Crippen LogP contribution in [0.3, 0.4) is 0 Å². The molecule has 7 N–H and O–H groups in total. The molecule has 0 unspecified atom stereocenters. The topological polar surface area (TPSA) is 191 Å². The van der Waals surface area contributed by atoms with Gasteiger partial charge in [-0.25, -0.2) is 4.79 Å². The number of aromatic amines is 2. The van der Waals surface area contributed by atoms with Gasteiger partial charge in [0.05, 0.1) is 10.3 Å². The average molecular weight is 447 g/mol. The molecule has 11 nitrogen and oxygen atoms in total. The molecule has 0 aromatic carbocycles. The van der Waals surface area contributed by atoms with Gasteiger partial charge in [-0.05, 0) is 43.9 Å². The second kappa shape index (κ2) is 9.00. The first-order valence-corrected chi connectivity index (χ1v) is 10.2. The molecular weight excluding hydrogens is 426 g/mol. The van der Waals surface area contributed by atoms with E-state index in [-0.39, 0.29) is 24.3 Å². The number of H-pyrrole nitrogens is 2. The summed E-state index contributed by atoms with van der Waals surface area (Å²) in [6.45, 7) is 1.84. The van der Waals surface area contributed by atoms with Crippen molar-refractivity contribution in [1.29, 1.82) is 0 Å². The highest BCUT2D eigenvalue weighted by Crippen LogP contribution is 2.23. The molecule has 0 fully saturated rings. The van der Waals surface area contributed by atoms with Gasteiger partial charge in [0.15, 0.2) is 0 Å². The Labute approximate surface area is 179 Å². The fraction of sp³-hybridized carbons (Fsp3) is 0.316. The van der Waals surface area contributed by atoms with Crippen molar-refractivity contribution in [2.45, 2.75) is 38.6 Å². The number of carbonyl (C=O) groups excluding carboxylic acids is 1. The van der Waals surface area contributed by atoms with Gasteiger partial charge < -0.3 is 26.2 Å². The first-order valence-electron chi connectivity index (χ1n) is 9.36. The minimum Gasteiger partial charge on any atom is -0.481 e. The number of hydrogen-bond donors (Lipinski definition) is 6. The van der Waals surface area contributed by atoms with E-state index in [1.165, 1.54) is 11.3 Å². The quantitative estimate of drug-likeness (QED) is 0.280. The molecule has 12 heteroatoms. The molecule has 0 saturated heterocycles. The molecule has 0 aliphatic carbocycles. The highest BCUT2D eigenvalue weighted by atomic mass is 32.1. The number of nitrogens with one attached hydrogen (secondary N) is 3. The third kappa shape index (κ3) is 5.09. The normalized spacial score (nSPS) is 12.0. The molecule has 1 atom stereocenters. The van der Waals surface area contributed by atoms with E-state index in [0.717, 1.165) is 16.1 Å². The van der Waals surface area contributed by atoms with Crippen molar-refractivity contribution in [2.24, 2.45) is 0 Å². The van der Waals surface area contributed by atoms with Crippen LogP contribution in [-0.4, -0.2) is 49.1 Å². The summed E-state index contributed by atoms with van der Waals surface area (Å²) in [5, 5.41) is 20.7. The number of carboxylic acid groups (broad SMARTS) is 2. The van der Waals surface area contributed by atoms with Crippen LogP contribution in [0, 0.1) is 6.92 Å². The largest absolute Gasteiger partial charge is 0.481 e. The molecule has 31 heavy (non-hydrogen) atoms. The molecule has 3 aromatic rings. The predicted octanol–water partition coefficient (Wildman–Crippen LogP) is 1.04. The molecule has 3 heterocycles. The molecule has 0 saturated carbocycles. The van der Waals surface area contributed by atoms with Gasteiger partial charge in [0.25, 0.3) is 11.5 Å². The van der Waals surface area contributed by atoms with E-state index in [9.17, 15) is 24.3 Å². The van der Waals surface area contributed by atoms with E-state index in [4.69, 9.17) is 10.8 Å². The fourth-order valence-electron chi connectivity index (χ4n) is 3.25. The maximum absolute atomic E-state index is 12.4. The van der Waals surface area contributed by atoms with E-state index in [1.807, 2.05) is 6.92 Å². The number of aliphatic carboxylic acids is 2. The third-order valence-corrected chi connectivity index (χ3v) is 5.90. The average Bonchev–Trinajstić information content (AvgIpc) is 3.26. The van der Waals surface area contributed by atoms with Crippen LogP contribution in [-0.2, 0) is 22.4 Å². The van der Waals surface area contributed by atoms with Crippen LogP contribution >= 0.6 is 11.3 Å². The SMILES string of the molecule is Cc1[nH]c2nc(N)[nH]c(=O)c2c1CCc1ccc(C(=O)N[C@@H](CCC(=O)O)C(=O)O)s1. The van der Waals surface area contributed by atoms with Crippen molar-refractivity contribution in [3.8, 4) is 0 Å². The van der Waals surface area contributed by atoms with Crippen LogP contribution in [0.4, 0.5) is 5.95 Å². The Hall–Kier alpha value is -3.67. The van der Waals surface area contributed by atoms with Crippen molar-refractivity contribution in [1.82, 2.24) is 20.3 Å². The van der Waals surface area contributed by atoms with Gasteiger partial charge in [-0.2, -0.15) is 4.98 Å². The number of thiophene rings is 1. The number of hydrogen-bond acceptors (Lipinski definition) is 7. The summed E-state index contributed by atoms with van der Waals surface area (Å²) in [6, 6.07) is 2.06. The summed E-state index contributed by atoms with van der Waals surface area (Å²) in [6.07, 6.45) is 0.507. The molecule has 0 spiro atoms. The number of rotatable bonds is 9. The summed E-state index contributed by atoms with van der Waals surface area (Å²) in [4.78, 5) is 57.4. The number of aryl methyl sites for hydroxylation is 3. The van der Waals surface area contributed by atoms with Crippen molar-refractivity contribution in [3.63, 3.8) is 0 Å². The zero-order chi connectivity index (χ0) is 22.7. The predicted molar refractivity (Wildman–Crippen MR) is 113 cm³/mol. The van der Waals surface area contributed by atoms with Crippen molar-refractivity contribution in [3.05, 3.63) is 43.5 Å². The number of carbonyl (C=O) groups is 3. The van der Waals surface area contributed by atoms with Gasteiger partial charge in [0.1, 0.15) is 11.7 Å². The van der Waals surface area contributed by atoms with Crippen molar-refractivity contribution >= 4 is 46.2 Å². The number of aromatic nitrogens is 3. The first-order chi connectivity index (χ1) is 14.7. The third-order valence-electron chi connectivity index (χ3n) is 4.76. The molecule has 3 aromatic heterocycles. The zero-order valence-corrected chi connectivity index (χ0v) is 17.3. The summed E-state index contributed by atoms with van der Waals surface area (Å²) < 4.78 is 0. The molecule has 3 rings (SSSR count). The Kier molecular flexibility index (Phi) is 6.39. The van der Waals surface area contributed by atoms with E-state index in [0.29, 0.717) is 28.8 Å². The van der Waals surface area contributed by atoms with E-state index in [2.05, 4.69) is 20.3 Å². The lowest BCUT2D eigenvalue weighted by atomic mass is 10.1. The molecule has 0 aliphatic heterocycles. The van der Waals surface area contributed by atoms with Crippen molar-refractivity contribution < 1.29 is 24.6 Å². The highest BCUT2D eigenvalue weighted by Gasteiger charge is 2.22. The lowest BCUT2D eigenvalue weighted by Gasteiger charge is -2.12. The Morgan fingerprint density at radius 3 is 2.65 bits per heavy atom. The summed E-state index contributed by atoms with van der Waals surface area (Å²) >= 11 is 1.21. The number of nitrogen functional groups attached to an aromatic ring is 1. The van der Waals surface area contributed by atoms with Crippen LogP contribution in [0.2, 0.25) is 0 Å². The summed E-state index contributed by atoms with van der Waals surface area (Å²) in [5.74, 6) is -2.97. The molecule has 1 amide bonds. The number of amides is 1. The molecule has 0 bridgehead atoms. The number of fused-ring (bicyclic) bond motifs is 1. The maximum atomic E-state index is 12.4. The van der Waals surface area contributed by atoms with Gasteiger partial charge in [-0.15, -0.1) is 11.3 Å². The summed E-state index contributed by atoms with van der Waals surface area (Å²) in [5.41, 5.74) is 7.28. The first kappa shape index (κ1) is 22.0. The lowest BCUT2D eigenvalue weighted by molar-refractivity contribution is -0.140. The van der Waals surface area contributed by atoms with E-state index in [1.54, 1.807) is 12.1 Å². The monoisotopic (exact) mass is 447 g/mol. The number of carboxylic acids is 2. The second-order valence-corrected chi connectivity index (χ2v) is 8.13. The second-order valence-electron chi connectivity index (χ2n) is 6.97. The Balaban J connectivity index is 1.69. The van der Waals surface area contributed by atoms with Crippen LogP contribution < -0.4 is 16.6 Å². The van der Waals surface area contributed by atoms with Crippen molar-refractivity contribution in [2.75, 3.05) is 5.73 Å². The fourth-order valence-corrected chi connectivity index (χ4v) is 4.16. The Bertz CT molecular complexity index is 1210. The molecule has 0 aliphatic rings. The van der Waals surface area contributed by atoms with Crippen LogP contribution in [0.25, 0.3) is 11.0 Å². The van der Waals surface area contributed by atoms with Crippen LogP contribution in [0.1, 0.15) is 38.6 Å². The van der Waals surface area contributed by atoms with Gasteiger partial charge >= 0.3 is 11.9 Å². The minimum atomic E-state index is -1.29. The highest BCUT2D eigenvalue weighted by molar-refractivity contribution is 7.14. The maximum Gasteiger partial charge on any atom is 0.326 e. The van der Waals surface area contributed by atoms with Crippen LogP contribution in [0.15, 0.2) is 16.9 Å². The molecular formula is C19H21N5O6S. The van der Waals surface area contributed by atoms with Gasteiger partial charge in [-0.1, -0.05) is 0 Å². The Morgan fingerprint density at radius 1 is 1.23 bits per heavy atom. The zero-order valence-electron chi connectivity index (χ0n) is 16.5. The molecule has 164 valence electrons. The summed E-state index contributed by atoms with van der Waals surface area (Å²) in [7, 11) is 0. The van der Waals surface area contributed by atoms with Gasteiger partial charge in [-0.3, -0.25) is 19.4 Å². The standard InChI is InChI=1S/C19H21N5O6S/c1-8-10(14-15(21-8)23-19(20)24-17(14)28)4-2-9-3-6-12(31-9)16(27)22-11(18(29)30)5-7-13(25)26/h3,6,11H,2,4-5,7H2,1H3,(H,22,27)(H,25,26)(H,29,30)(H4,20,21,23,24,28)/t11-/m0/s1. The van der Waals surface area contributed by atoms with Gasteiger partial charge in [0.2, 0.25) is 5.95 Å². The van der Waals surface area contributed by atoms with Crippen LogP contribution in [0.5, 0.6) is 0 Å². The van der Waals surface area contributed by atoms with E-state index < -0.39 is 23.9 Å². The Morgan fingerprint density at radius 2 is 1.97 bits per heavy atom. The number of anilines is 1. The lowest BCUT2D eigenvalue weighted by Crippen LogP contribution is -2.40. The van der Waals surface area contributed by atoms with Gasteiger partial charge in [0, 0.05) is 17.0 Å². The van der Waals surface area contributed by atoms with E-state index >= 15 is 0 Å².